The van der Waals surface area contributed by atoms with Gasteiger partial charge in [0.15, 0.2) is 0 Å². The van der Waals surface area contributed by atoms with Crippen molar-refractivity contribution in [3.05, 3.63) is 47.8 Å². The average molecular weight is 310 g/mol. The smallest absolute Gasteiger partial charge is 0.264 e. The molecule has 0 saturated carbocycles. The van der Waals surface area contributed by atoms with Crippen LogP contribution in [0.15, 0.2) is 41.3 Å². The third-order valence-electron chi connectivity index (χ3n) is 2.88. The zero-order valence-corrected chi connectivity index (χ0v) is 12.4. The molecule has 0 bridgehead atoms. The van der Waals surface area contributed by atoms with E-state index < -0.39 is 20.7 Å². The van der Waals surface area contributed by atoms with Crippen LogP contribution in [0, 0.1) is 12.7 Å². The summed E-state index contributed by atoms with van der Waals surface area (Å²) in [7, 11) is -2.55. The maximum absolute atomic E-state index is 14.0. The van der Waals surface area contributed by atoms with Crippen molar-refractivity contribution in [2.45, 2.75) is 11.8 Å². The third kappa shape index (κ3) is 3.25. The molecule has 0 aliphatic carbocycles. The number of ether oxygens (including phenoxy) is 1. The van der Waals surface area contributed by atoms with Gasteiger partial charge in [-0.1, -0.05) is 0 Å². The average Bonchev–Trinajstić information content (AvgIpc) is 2.43. The van der Waals surface area contributed by atoms with E-state index in [1.54, 1.807) is 12.1 Å². The number of sulfonamides is 1. The van der Waals surface area contributed by atoms with Gasteiger partial charge in [0, 0.05) is 11.4 Å². The van der Waals surface area contributed by atoms with E-state index in [0.717, 1.165) is 6.07 Å². The number of hydrogen-bond acceptors (Lipinski definition) is 4. The monoisotopic (exact) mass is 310 g/mol. The molecule has 0 unspecified atom stereocenters. The lowest BCUT2D eigenvalue weighted by Gasteiger charge is -2.11. The van der Waals surface area contributed by atoms with Crippen molar-refractivity contribution in [2.24, 2.45) is 0 Å². The standard InChI is InChI=1S/C14H15FN2O3S/c1-9-7-10(16)8-13(14(9)15)21(18,19)17-11-3-5-12(20-2)6-4-11/h3-8,17H,16H2,1-2H3. The van der Waals surface area contributed by atoms with Gasteiger partial charge in [0.25, 0.3) is 10.0 Å². The van der Waals surface area contributed by atoms with Crippen molar-refractivity contribution in [3.8, 4) is 5.75 Å². The normalized spacial score (nSPS) is 11.2. The number of anilines is 2. The Hall–Kier alpha value is -2.28. The summed E-state index contributed by atoms with van der Waals surface area (Å²) in [6, 6.07) is 8.70. The molecule has 0 spiro atoms. The Morgan fingerprint density at radius 3 is 2.38 bits per heavy atom. The van der Waals surface area contributed by atoms with Crippen molar-refractivity contribution in [1.29, 1.82) is 0 Å². The summed E-state index contributed by atoms with van der Waals surface area (Å²) in [5, 5.41) is 0. The molecular weight excluding hydrogens is 295 g/mol. The van der Waals surface area contributed by atoms with Crippen molar-refractivity contribution in [3.63, 3.8) is 0 Å². The van der Waals surface area contributed by atoms with Crippen molar-refractivity contribution in [2.75, 3.05) is 17.6 Å². The predicted octanol–water partition coefficient (Wildman–Crippen LogP) is 2.53. The Kier molecular flexibility index (Phi) is 4.04. The minimum Gasteiger partial charge on any atom is -0.497 e. The van der Waals surface area contributed by atoms with Crippen molar-refractivity contribution >= 4 is 21.4 Å². The van der Waals surface area contributed by atoms with Crippen LogP contribution in [0.2, 0.25) is 0 Å². The van der Waals surface area contributed by atoms with Gasteiger partial charge in [0.05, 0.1) is 7.11 Å². The second-order valence-electron chi connectivity index (χ2n) is 4.48. The summed E-state index contributed by atoms with van der Waals surface area (Å²) < 4.78 is 45.8. The molecule has 2 aromatic rings. The van der Waals surface area contributed by atoms with E-state index >= 15 is 0 Å². The zero-order chi connectivity index (χ0) is 15.6. The van der Waals surface area contributed by atoms with Gasteiger partial charge >= 0.3 is 0 Å². The Morgan fingerprint density at radius 2 is 1.81 bits per heavy atom. The van der Waals surface area contributed by atoms with Crippen LogP contribution in [0.4, 0.5) is 15.8 Å². The van der Waals surface area contributed by atoms with E-state index in [1.165, 1.54) is 32.2 Å². The van der Waals surface area contributed by atoms with E-state index in [-0.39, 0.29) is 11.3 Å². The summed E-state index contributed by atoms with van der Waals surface area (Å²) in [6.45, 7) is 1.46. The van der Waals surface area contributed by atoms with Gasteiger partial charge in [-0.15, -0.1) is 0 Å². The van der Waals surface area contributed by atoms with Crippen molar-refractivity contribution < 1.29 is 17.5 Å². The lowest BCUT2D eigenvalue weighted by molar-refractivity contribution is 0.415. The van der Waals surface area contributed by atoms with Gasteiger partial charge in [-0.3, -0.25) is 4.72 Å². The third-order valence-corrected chi connectivity index (χ3v) is 4.26. The van der Waals surface area contributed by atoms with Crippen LogP contribution in [-0.4, -0.2) is 15.5 Å². The van der Waals surface area contributed by atoms with E-state index in [0.29, 0.717) is 11.4 Å². The molecule has 0 heterocycles. The molecule has 0 atom stereocenters. The molecule has 3 N–H and O–H groups in total. The van der Waals surface area contributed by atoms with Crippen LogP contribution in [-0.2, 0) is 10.0 Å². The highest BCUT2D eigenvalue weighted by atomic mass is 32.2. The second kappa shape index (κ2) is 5.61. The number of nitrogen functional groups attached to an aromatic ring is 1. The maximum Gasteiger partial charge on any atom is 0.264 e. The fourth-order valence-electron chi connectivity index (χ4n) is 1.83. The lowest BCUT2D eigenvalue weighted by atomic mass is 10.2. The molecule has 0 aliphatic rings. The first-order valence-electron chi connectivity index (χ1n) is 6.06. The number of nitrogens with two attached hydrogens (primary N) is 1. The number of nitrogens with one attached hydrogen (secondary N) is 1. The van der Waals surface area contributed by atoms with Gasteiger partial charge in [-0.25, -0.2) is 12.8 Å². The van der Waals surface area contributed by atoms with Crippen LogP contribution < -0.4 is 15.2 Å². The Labute approximate surface area is 122 Å². The molecule has 2 aromatic carbocycles. The number of hydrogen-bond donors (Lipinski definition) is 2. The number of methoxy groups -OCH3 is 1. The van der Waals surface area contributed by atoms with Gasteiger partial charge in [0.2, 0.25) is 0 Å². The minimum absolute atomic E-state index is 0.171. The predicted molar refractivity (Wildman–Crippen MR) is 79.4 cm³/mol. The zero-order valence-electron chi connectivity index (χ0n) is 11.6. The summed E-state index contributed by atoms with van der Waals surface area (Å²) >= 11 is 0. The summed E-state index contributed by atoms with van der Waals surface area (Å²) in [5.41, 5.74) is 6.24. The molecule has 112 valence electrons. The molecule has 0 aliphatic heterocycles. The SMILES string of the molecule is COc1ccc(NS(=O)(=O)c2cc(N)cc(C)c2F)cc1. The van der Waals surface area contributed by atoms with Gasteiger partial charge in [0.1, 0.15) is 16.5 Å². The molecule has 2 rings (SSSR count). The number of aryl methyl sites for hydroxylation is 1. The first-order valence-corrected chi connectivity index (χ1v) is 7.54. The van der Waals surface area contributed by atoms with Crippen LogP contribution in [0.5, 0.6) is 5.75 Å². The summed E-state index contributed by atoms with van der Waals surface area (Å²) in [4.78, 5) is -0.476. The molecule has 7 heteroatoms. The molecule has 0 fully saturated rings. The van der Waals surface area contributed by atoms with Crippen LogP contribution in [0.3, 0.4) is 0 Å². The summed E-state index contributed by atoms with van der Waals surface area (Å²) in [5.74, 6) is -0.228. The Bertz CT molecular complexity index is 759. The molecule has 21 heavy (non-hydrogen) atoms. The highest BCUT2D eigenvalue weighted by molar-refractivity contribution is 7.92. The Morgan fingerprint density at radius 1 is 1.19 bits per heavy atom. The second-order valence-corrected chi connectivity index (χ2v) is 6.13. The number of rotatable bonds is 4. The van der Waals surface area contributed by atoms with Crippen LogP contribution in [0.1, 0.15) is 5.56 Å². The van der Waals surface area contributed by atoms with E-state index in [1.807, 2.05) is 0 Å². The number of benzene rings is 2. The number of halogens is 1. The van der Waals surface area contributed by atoms with Gasteiger partial charge < -0.3 is 10.5 Å². The molecular formula is C14H15FN2O3S. The topological polar surface area (TPSA) is 81.4 Å². The van der Waals surface area contributed by atoms with Gasteiger partial charge in [-0.05, 0) is 48.9 Å². The first kappa shape index (κ1) is 15.1. The highest BCUT2D eigenvalue weighted by Gasteiger charge is 2.21. The first-order chi connectivity index (χ1) is 9.83. The largest absolute Gasteiger partial charge is 0.497 e. The van der Waals surface area contributed by atoms with Crippen molar-refractivity contribution in [1.82, 2.24) is 0 Å². The molecule has 0 amide bonds. The molecule has 0 saturated heterocycles. The molecule has 0 radical (unpaired) electrons. The Balaban J connectivity index is 2.38. The van der Waals surface area contributed by atoms with Gasteiger partial charge in [-0.2, -0.15) is 0 Å². The minimum atomic E-state index is -4.05. The van der Waals surface area contributed by atoms with E-state index in [4.69, 9.17) is 10.5 Å². The van der Waals surface area contributed by atoms with Crippen LogP contribution in [0.25, 0.3) is 0 Å². The molecule has 5 nitrogen and oxygen atoms in total. The maximum atomic E-state index is 14.0. The highest BCUT2D eigenvalue weighted by Crippen LogP contribution is 2.24. The van der Waals surface area contributed by atoms with E-state index in [9.17, 15) is 12.8 Å². The molecule has 0 aromatic heterocycles. The lowest BCUT2D eigenvalue weighted by Crippen LogP contribution is -2.15. The summed E-state index contributed by atoms with van der Waals surface area (Å²) in [6.07, 6.45) is 0. The quantitative estimate of drug-likeness (QED) is 0.850. The van der Waals surface area contributed by atoms with Crippen LogP contribution >= 0.6 is 0 Å². The fraction of sp³-hybridized carbons (Fsp3) is 0.143. The fourth-order valence-corrected chi connectivity index (χ4v) is 3.07. The van der Waals surface area contributed by atoms with E-state index in [2.05, 4.69) is 4.72 Å².